The number of aromatic nitrogens is 2. The van der Waals surface area contributed by atoms with Gasteiger partial charge in [0.1, 0.15) is 12.4 Å². The van der Waals surface area contributed by atoms with Crippen molar-refractivity contribution in [2.75, 3.05) is 6.54 Å². The number of halogens is 1. The summed E-state index contributed by atoms with van der Waals surface area (Å²) in [6.07, 6.45) is 3.99. The Bertz CT molecular complexity index is 560. The van der Waals surface area contributed by atoms with E-state index >= 15 is 0 Å². The number of nitrogens with two attached hydrogens (primary N) is 1. The van der Waals surface area contributed by atoms with Crippen molar-refractivity contribution in [3.8, 4) is 5.75 Å². The molecule has 0 aliphatic rings. The molecule has 0 unspecified atom stereocenters. The summed E-state index contributed by atoms with van der Waals surface area (Å²) in [7, 11) is 0. The van der Waals surface area contributed by atoms with Crippen LogP contribution in [0.15, 0.2) is 30.6 Å². The molecular weight excluding hydrogens is 262 g/mol. The topological polar surface area (TPSA) is 61.0 Å². The van der Waals surface area contributed by atoms with Crippen LogP contribution in [-0.4, -0.2) is 16.5 Å². The second kappa shape index (κ2) is 6.50. The Kier molecular flexibility index (Phi) is 4.71. The number of aryl methyl sites for hydroxylation is 1. The van der Waals surface area contributed by atoms with E-state index in [1.807, 2.05) is 25.1 Å². The van der Waals surface area contributed by atoms with E-state index in [1.54, 1.807) is 12.4 Å². The smallest absolute Gasteiger partial charge is 0.141 e. The highest BCUT2D eigenvalue weighted by Crippen LogP contribution is 2.21. The van der Waals surface area contributed by atoms with Crippen LogP contribution in [0.25, 0.3) is 0 Å². The highest BCUT2D eigenvalue weighted by atomic mass is 35.5. The van der Waals surface area contributed by atoms with Gasteiger partial charge in [0.2, 0.25) is 0 Å². The number of hydrogen-bond donors (Lipinski definition) is 1. The Morgan fingerprint density at radius 1 is 1.32 bits per heavy atom. The average Bonchev–Trinajstić information content (AvgIpc) is 2.40. The zero-order valence-electron chi connectivity index (χ0n) is 10.8. The summed E-state index contributed by atoms with van der Waals surface area (Å²) in [5.74, 6) is 0.754. The second-order valence-electron chi connectivity index (χ2n) is 4.19. The van der Waals surface area contributed by atoms with Gasteiger partial charge in [-0.05, 0) is 31.7 Å². The first kappa shape index (κ1) is 13.8. The molecule has 0 amide bonds. The summed E-state index contributed by atoms with van der Waals surface area (Å²) in [5, 5.41) is 0.600. The van der Waals surface area contributed by atoms with Gasteiger partial charge in [-0.25, -0.2) is 0 Å². The third-order valence-corrected chi connectivity index (χ3v) is 3.03. The Labute approximate surface area is 117 Å². The first-order valence-electron chi connectivity index (χ1n) is 6.08. The molecule has 0 aliphatic carbocycles. The van der Waals surface area contributed by atoms with Crippen molar-refractivity contribution in [3.63, 3.8) is 0 Å². The predicted molar refractivity (Wildman–Crippen MR) is 75.3 cm³/mol. The van der Waals surface area contributed by atoms with Crippen molar-refractivity contribution in [2.24, 2.45) is 5.73 Å². The normalized spacial score (nSPS) is 10.5. The molecule has 5 heteroatoms. The summed E-state index contributed by atoms with van der Waals surface area (Å²) >= 11 is 6.04. The fourth-order valence-electron chi connectivity index (χ4n) is 1.72. The lowest BCUT2D eigenvalue weighted by Gasteiger charge is -2.11. The SMILES string of the molecule is Cc1ccc(OCc2ccncc2Cl)c(CCN)n1. The number of nitrogens with zero attached hydrogens (tertiary/aromatic N) is 2. The molecule has 0 radical (unpaired) electrons. The van der Waals surface area contributed by atoms with E-state index in [2.05, 4.69) is 9.97 Å². The average molecular weight is 278 g/mol. The van der Waals surface area contributed by atoms with Crippen LogP contribution in [0.2, 0.25) is 5.02 Å². The predicted octanol–water partition coefficient (Wildman–Crippen LogP) is 2.52. The number of ether oxygens (including phenoxy) is 1. The standard InChI is InChI=1S/C14H16ClN3O/c1-10-2-3-14(13(18-10)4-6-16)19-9-11-5-7-17-8-12(11)15/h2-3,5,7-8H,4,6,9,16H2,1H3. The maximum Gasteiger partial charge on any atom is 0.141 e. The molecule has 100 valence electrons. The Hall–Kier alpha value is -1.65. The Balaban J connectivity index is 2.13. The van der Waals surface area contributed by atoms with E-state index in [4.69, 9.17) is 22.1 Å². The van der Waals surface area contributed by atoms with Crippen molar-refractivity contribution >= 4 is 11.6 Å². The summed E-state index contributed by atoms with van der Waals surface area (Å²) in [6.45, 7) is 2.88. The molecule has 4 nitrogen and oxygen atoms in total. The van der Waals surface area contributed by atoms with Crippen molar-refractivity contribution < 1.29 is 4.74 Å². The molecular formula is C14H16ClN3O. The Morgan fingerprint density at radius 2 is 2.16 bits per heavy atom. The van der Waals surface area contributed by atoms with Crippen LogP contribution in [0.5, 0.6) is 5.75 Å². The minimum absolute atomic E-state index is 0.393. The lowest BCUT2D eigenvalue weighted by molar-refractivity contribution is 0.301. The van der Waals surface area contributed by atoms with Gasteiger partial charge in [0.15, 0.2) is 0 Å². The molecule has 0 atom stereocenters. The molecule has 19 heavy (non-hydrogen) atoms. The van der Waals surface area contributed by atoms with Crippen molar-refractivity contribution in [3.05, 3.63) is 52.6 Å². The third-order valence-electron chi connectivity index (χ3n) is 2.69. The molecule has 0 saturated carbocycles. The molecule has 0 aliphatic heterocycles. The van der Waals surface area contributed by atoms with Gasteiger partial charge in [0.05, 0.1) is 10.7 Å². The fraction of sp³-hybridized carbons (Fsp3) is 0.286. The molecule has 0 saturated heterocycles. The number of hydrogen-bond acceptors (Lipinski definition) is 4. The molecule has 0 bridgehead atoms. The number of rotatable bonds is 5. The van der Waals surface area contributed by atoms with Gasteiger partial charge in [-0.1, -0.05) is 11.6 Å². The lowest BCUT2D eigenvalue weighted by Crippen LogP contribution is -2.08. The van der Waals surface area contributed by atoms with Crippen LogP contribution in [0.4, 0.5) is 0 Å². The van der Waals surface area contributed by atoms with Crippen molar-refractivity contribution in [1.82, 2.24) is 9.97 Å². The van der Waals surface area contributed by atoms with E-state index in [9.17, 15) is 0 Å². The van der Waals surface area contributed by atoms with Crippen LogP contribution in [0, 0.1) is 6.92 Å². The van der Waals surface area contributed by atoms with E-state index < -0.39 is 0 Å². The molecule has 0 spiro atoms. The van der Waals surface area contributed by atoms with Crippen LogP contribution >= 0.6 is 11.6 Å². The summed E-state index contributed by atoms with van der Waals surface area (Å²) < 4.78 is 5.78. The maximum absolute atomic E-state index is 6.04. The molecule has 2 N–H and O–H groups in total. The van der Waals surface area contributed by atoms with E-state index in [0.717, 1.165) is 22.7 Å². The largest absolute Gasteiger partial charge is 0.487 e. The quantitative estimate of drug-likeness (QED) is 0.912. The number of pyridine rings is 2. The summed E-state index contributed by atoms with van der Waals surface area (Å²) in [6, 6.07) is 5.68. The zero-order chi connectivity index (χ0) is 13.7. The van der Waals surface area contributed by atoms with Crippen LogP contribution in [0.3, 0.4) is 0 Å². The molecule has 0 aromatic carbocycles. The zero-order valence-corrected chi connectivity index (χ0v) is 11.5. The molecule has 2 aromatic rings. The molecule has 2 rings (SSSR count). The second-order valence-corrected chi connectivity index (χ2v) is 4.60. The third kappa shape index (κ3) is 3.66. The van der Waals surface area contributed by atoms with Crippen LogP contribution in [0.1, 0.15) is 17.0 Å². The van der Waals surface area contributed by atoms with Crippen LogP contribution < -0.4 is 10.5 Å². The van der Waals surface area contributed by atoms with Gasteiger partial charge in [-0.15, -0.1) is 0 Å². The van der Waals surface area contributed by atoms with Crippen LogP contribution in [-0.2, 0) is 13.0 Å². The highest BCUT2D eigenvalue weighted by Gasteiger charge is 2.07. The van der Waals surface area contributed by atoms with E-state index in [1.165, 1.54) is 0 Å². The minimum atomic E-state index is 0.393. The monoisotopic (exact) mass is 277 g/mol. The van der Waals surface area contributed by atoms with Gasteiger partial charge < -0.3 is 10.5 Å². The lowest BCUT2D eigenvalue weighted by atomic mass is 10.2. The summed E-state index contributed by atoms with van der Waals surface area (Å²) in [5.41, 5.74) is 8.32. The minimum Gasteiger partial charge on any atom is -0.487 e. The van der Waals surface area contributed by atoms with Gasteiger partial charge in [0, 0.05) is 30.1 Å². The maximum atomic E-state index is 6.04. The van der Waals surface area contributed by atoms with Gasteiger partial charge >= 0.3 is 0 Å². The summed E-state index contributed by atoms with van der Waals surface area (Å²) in [4.78, 5) is 8.39. The van der Waals surface area contributed by atoms with E-state index in [-0.39, 0.29) is 0 Å². The van der Waals surface area contributed by atoms with Crippen molar-refractivity contribution in [2.45, 2.75) is 20.0 Å². The molecule has 2 heterocycles. The highest BCUT2D eigenvalue weighted by molar-refractivity contribution is 6.31. The van der Waals surface area contributed by atoms with Crippen molar-refractivity contribution in [1.29, 1.82) is 0 Å². The molecule has 0 fully saturated rings. The first-order chi connectivity index (χ1) is 9.20. The Morgan fingerprint density at radius 3 is 2.89 bits per heavy atom. The molecule has 2 aromatic heterocycles. The van der Waals surface area contributed by atoms with E-state index in [0.29, 0.717) is 24.6 Å². The van der Waals surface area contributed by atoms with Gasteiger partial charge in [0.25, 0.3) is 0 Å². The van der Waals surface area contributed by atoms with Gasteiger partial charge in [-0.3, -0.25) is 9.97 Å². The van der Waals surface area contributed by atoms with Gasteiger partial charge in [-0.2, -0.15) is 0 Å². The first-order valence-corrected chi connectivity index (χ1v) is 6.46. The fourth-order valence-corrected chi connectivity index (χ4v) is 1.90.